The van der Waals surface area contributed by atoms with E-state index < -0.39 is 0 Å². The number of rotatable bonds is 1. The summed E-state index contributed by atoms with van der Waals surface area (Å²) in [7, 11) is 0. The molecule has 0 spiro atoms. The lowest BCUT2D eigenvalue weighted by Gasteiger charge is -2.04. The van der Waals surface area contributed by atoms with Gasteiger partial charge in [0, 0.05) is 10.8 Å². The molecule has 0 amide bonds. The van der Waals surface area contributed by atoms with E-state index in [-0.39, 0.29) is 0 Å². The summed E-state index contributed by atoms with van der Waals surface area (Å²) in [6, 6.07) is 0. The number of nitrogens with one attached hydrogen (secondary N) is 1. The summed E-state index contributed by atoms with van der Waals surface area (Å²) in [6.07, 6.45) is 4.74. The van der Waals surface area contributed by atoms with Crippen molar-refractivity contribution in [2.45, 2.75) is 6.42 Å². The van der Waals surface area contributed by atoms with E-state index in [9.17, 15) is 0 Å². The second kappa shape index (κ2) is 2.57. The number of hydrogen-bond acceptors (Lipinski definition) is 4. The number of fused-ring (bicyclic) bond motifs is 1. The van der Waals surface area contributed by atoms with Crippen LogP contribution in [0.3, 0.4) is 0 Å². The van der Waals surface area contributed by atoms with Crippen LogP contribution in [0.4, 0.5) is 0 Å². The van der Waals surface area contributed by atoms with Gasteiger partial charge in [0.1, 0.15) is 0 Å². The fourth-order valence-electron chi connectivity index (χ4n) is 1.35. The molecule has 4 heteroatoms. The zero-order valence-electron chi connectivity index (χ0n) is 6.41. The molecular weight excluding hydrogens is 172 g/mol. The van der Waals surface area contributed by atoms with E-state index in [1.807, 2.05) is 11.6 Å². The van der Waals surface area contributed by atoms with Crippen molar-refractivity contribution < 1.29 is 5.21 Å². The van der Waals surface area contributed by atoms with Crippen LogP contribution in [0.15, 0.2) is 34.0 Å². The maximum absolute atomic E-state index is 8.71. The lowest BCUT2D eigenvalue weighted by atomic mass is 10.3. The first kappa shape index (κ1) is 7.76. The SMILES string of the molecule is NC1=CC2CC2=C(S)C=C1NO. The highest BCUT2D eigenvalue weighted by Crippen LogP contribution is 2.45. The summed E-state index contributed by atoms with van der Waals surface area (Å²) in [5.74, 6) is 0.444. The third-order valence-electron chi connectivity index (χ3n) is 2.15. The minimum atomic E-state index is 0.444. The Morgan fingerprint density at radius 1 is 1.67 bits per heavy atom. The Labute approximate surface area is 76.0 Å². The predicted molar refractivity (Wildman–Crippen MR) is 49.4 cm³/mol. The molecule has 0 aliphatic heterocycles. The summed E-state index contributed by atoms with van der Waals surface area (Å²) >= 11 is 4.28. The lowest BCUT2D eigenvalue weighted by molar-refractivity contribution is 0.203. The number of nitrogens with two attached hydrogens (primary N) is 1. The van der Waals surface area contributed by atoms with E-state index in [1.165, 1.54) is 5.57 Å². The van der Waals surface area contributed by atoms with Gasteiger partial charge in [0.25, 0.3) is 0 Å². The van der Waals surface area contributed by atoms with Crippen LogP contribution >= 0.6 is 12.6 Å². The average molecular weight is 182 g/mol. The van der Waals surface area contributed by atoms with Crippen LogP contribution in [0.5, 0.6) is 0 Å². The van der Waals surface area contributed by atoms with Crippen molar-refractivity contribution in [3.8, 4) is 0 Å². The molecular formula is C8H10N2OS. The molecule has 2 aliphatic rings. The van der Waals surface area contributed by atoms with E-state index in [0.29, 0.717) is 17.3 Å². The van der Waals surface area contributed by atoms with E-state index >= 15 is 0 Å². The third-order valence-corrected chi connectivity index (χ3v) is 2.57. The second-order valence-electron chi connectivity index (χ2n) is 3.01. The second-order valence-corrected chi connectivity index (χ2v) is 3.49. The van der Waals surface area contributed by atoms with Crippen LogP contribution in [-0.2, 0) is 0 Å². The van der Waals surface area contributed by atoms with Crippen molar-refractivity contribution in [2.75, 3.05) is 0 Å². The summed E-state index contributed by atoms with van der Waals surface area (Å²) in [6.45, 7) is 0. The summed E-state index contributed by atoms with van der Waals surface area (Å²) in [5.41, 5.74) is 10.1. The van der Waals surface area contributed by atoms with Gasteiger partial charge in [0.15, 0.2) is 0 Å². The number of thiol groups is 1. The largest absolute Gasteiger partial charge is 0.397 e. The predicted octanol–water partition coefficient (Wildman–Crippen LogP) is 0.909. The Bertz CT molecular complexity index is 317. The zero-order chi connectivity index (χ0) is 8.72. The van der Waals surface area contributed by atoms with Gasteiger partial charge in [-0.1, -0.05) is 6.08 Å². The van der Waals surface area contributed by atoms with Crippen LogP contribution in [-0.4, -0.2) is 5.21 Å². The van der Waals surface area contributed by atoms with Gasteiger partial charge < -0.3 is 5.73 Å². The first-order valence-electron chi connectivity index (χ1n) is 3.74. The maximum Gasteiger partial charge on any atom is 0.0839 e. The molecule has 1 unspecified atom stereocenters. The Kier molecular flexibility index (Phi) is 1.66. The molecule has 1 atom stereocenters. The Hall–Kier alpha value is -0.870. The van der Waals surface area contributed by atoms with Crippen molar-refractivity contribution in [3.05, 3.63) is 34.0 Å². The monoisotopic (exact) mass is 182 g/mol. The molecule has 0 saturated heterocycles. The molecule has 0 bridgehead atoms. The molecule has 2 aliphatic carbocycles. The third kappa shape index (κ3) is 1.13. The Balaban J connectivity index is 2.40. The number of allylic oxidation sites excluding steroid dienone is 3. The molecule has 1 saturated carbocycles. The molecule has 64 valence electrons. The minimum absolute atomic E-state index is 0.444. The first-order valence-corrected chi connectivity index (χ1v) is 4.18. The standard InChI is InChI=1S/C8H10N2OS/c9-6-2-4-1-5(4)8(12)3-7(6)10-11/h2-4,10-12H,1,9H2. The lowest BCUT2D eigenvalue weighted by Crippen LogP contribution is -2.14. The van der Waals surface area contributed by atoms with E-state index in [2.05, 4.69) is 12.6 Å². The van der Waals surface area contributed by atoms with Crippen molar-refractivity contribution in [3.63, 3.8) is 0 Å². The maximum atomic E-state index is 8.71. The van der Waals surface area contributed by atoms with Gasteiger partial charge in [-0.2, -0.15) is 0 Å². The average Bonchev–Trinajstić information content (AvgIpc) is 2.77. The molecule has 0 heterocycles. The Morgan fingerprint density at radius 3 is 3.08 bits per heavy atom. The van der Waals surface area contributed by atoms with Gasteiger partial charge in [0.2, 0.25) is 0 Å². The fraction of sp³-hybridized carbons (Fsp3) is 0.250. The summed E-state index contributed by atoms with van der Waals surface area (Å²) < 4.78 is 0. The summed E-state index contributed by atoms with van der Waals surface area (Å²) in [5, 5.41) is 8.71. The van der Waals surface area contributed by atoms with Crippen LogP contribution in [0.2, 0.25) is 0 Å². The van der Waals surface area contributed by atoms with Gasteiger partial charge in [-0.05, 0) is 18.1 Å². The molecule has 2 rings (SSSR count). The molecule has 0 aromatic heterocycles. The topological polar surface area (TPSA) is 58.3 Å². The number of hydroxylamine groups is 1. The van der Waals surface area contributed by atoms with Gasteiger partial charge in [-0.15, -0.1) is 12.6 Å². The van der Waals surface area contributed by atoms with Gasteiger partial charge in [-0.25, -0.2) is 0 Å². The molecule has 0 radical (unpaired) electrons. The van der Waals surface area contributed by atoms with Crippen molar-refractivity contribution in [2.24, 2.45) is 11.7 Å². The highest BCUT2D eigenvalue weighted by Gasteiger charge is 2.31. The highest BCUT2D eigenvalue weighted by atomic mass is 32.1. The van der Waals surface area contributed by atoms with Crippen LogP contribution < -0.4 is 11.2 Å². The van der Waals surface area contributed by atoms with Gasteiger partial charge in [-0.3, -0.25) is 10.7 Å². The highest BCUT2D eigenvalue weighted by molar-refractivity contribution is 7.84. The molecule has 3 nitrogen and oxygen atoms in total. The van der Waals surface area contributed by atoms with Gasteiger partial charge >= 0.3 is 0 Å². The molecule has 12 heavy (non-hydrogen) atoms. The van der Waals surface area contributed by atoms with Crippen molar-refractivity contribution in [1.29, 1.82) is 0 Å². The smallest absolute Gasteiger partial charge is 0.0839 e. The van der Waals surface area contributed by atoms with Crippen molar-refractivity contribution in [1.82, 2.24) is 5.48 Å². The van der Waals surface area contributed by atoms with Crippen LogP contribution in [0.1, 0.15) is 6.42 Å². The fourth-order valence-corrected chi connectivity index (χ4v) is 1.73. The van der Waals surface area contributed by atoms with E-state index in [1.54, 1.807) is 6.08 Å². The molecule has 1 fully saturated rings. The van der Waals surface area contributed by atoms with Crippen LogP contribution in [0, 0.1) is 5.92 Å². The number of hydrogen-bond donors (Lipinski definition) is 4. The van der Waals surface area contributed by atoms with E-state index in [0.717, 1.165) is 11.3 Å². The zero-order valence-corrected chi connectivity index (χ0v) is 7.31. The first-order chi connectivity index (χ1) is 5.72. The molecule has 0 aromatic rings. The quantitative estimate of drug-likeness (QED) is 0.360. The van der Waals surface area contributed by atoms with Gasteiger partial charge in [0.05, 0.1) is 11.4 Å². The summed E-state index contributed by atoms with van der Waals surface area (Å²) in [4.78, 5) is 0.910. The normalized spacial score (nSPS) is 27.0. The van der Waals surface area contributed by atoms with Crippen molar-refractivity contribution >= 4 is 12.6 Å². The van der Waals surface area contributed by atoms with Crippen LogP contribution in [0.25, 0.3) is 0 Å². The minimum Gasteiger partial charge on any atom is -0.397 e. The Morgan fingerprint density at radius 2 is 2.42 bits per heavy atom. The molecule has 0 aromatic carbocycles. The van der Waals surface area contributed by atoms with E-state index in [4.69, 9.17) is 10.9 Å². The molecule has 4 N–H and O–H groups in total.